The second kappa shape index (κ2) is 6.17. The summed E-state index contributed by atoms with van der Waals surface area (Å²) in [6.07, 6.45) is 0. The number of nitrogens with two attached hydrogens (primary N) is 1. The van der Waals surface area contributed by atoms with Crippen molar-refractivity contribution in [1.29, 1.82) is 0 Å². The lowest BCUT2D eigenvalue weighted by Gasteiger charge is -2.32. The quantitative estimate of drug-likeness (QED) is 0.543. The van der Waals surface area contributed by atoms with Gasteiger partial charge in [-0.1, -0.05) is 54.6 Å². The third-order valence-corrected chi connectivity index (χ3v) is 4.59. The van der Waals surface area contributed by atoms with Crippen molar-refractivity contribution >= 4 is 11.4 Å². The van der Waals surface area contributed by atoms with Crippen LogP contribution >= 0.6 is 0 Å². The molecule has 0 heterocycles. The smallest absolute Gasteiger partial charge is 0.0423 e. The molecule has 0 aliphatic rings. The van der Waals surface area contributed by atoms with E-state index < -0.39 is 0 Å². The second-order valence-corrected chi connectivity index (χ2v) is 5.94. The first-order valence-electron chi connectivity index (χ1n) is 7.84. The van der Waals surface area contributed by atoms with Crippen molar-refractivity contribution in [3.63, 3.8) is 0 Å². The van der Waals surface area contributed by atoms with Crippen LogP contribution < -0.4 is 11.1 Å². The van der Waals surface area contributed by atoms with Crippen molar-refractivity contribution in [3.05, 3.63) is 95.6 Å². The van der Waals surface area contributed by atoms with Crippen LogP contribution in [0.3, 0.4) is 0 Å². The van der Waals surface area contributed by atoms with E-state index in [1.165, 1.54) is 16.7 Å². The number of benzene rings is 3. The van der Waals surface area contributed by atoms with Crippen LogP contribution in [-0.2, 0) is 5.41 Å². The number of nitrogen functional groups attached to an aromatic ring is 1. The van der Waals surface area contributed by atoms with Gasteiger partial charge < -0.3 is 11.1 Å². The van der Waals surface area contributed by atoms with Crippen LogP contribution in [0.5, 0.6) is 0 Å². The zero-order chi connectivity index (χ0) is 16.3. The number of hydrogen-bond donors (Lipinski definition) is 2. The van der Waals surface area contributed by atoms with E-state index in [9.17, 15) is 0 Å². The highest BCUT2D eigenvalue weighted by atomic mass is 14.8. The van der Waals surface area contributed by atoms with Crippen molar-refractivity contribution in [3.8, 4) is 0 Å². The standard InChI is InChI=1S/C21H22N2/c1-21(16-6-4-3-5-7-16,17-8-12-19(22)13-9-17)18-10-14-20(23-2)15-11-18/h3-15,23H,22H2,1-2H3. The molecular formula is C21H22N2. The van der Waals surface area contributed by atoms with Crippen LogP contribution in [0.25, 0.3) is 0 Å². The van der Waals surface area contributed by atoms with Crippen molar-refractivity contribution in [1.82, 2.24) is 0 Å². The van der Waals surface area contributed by atoms with Gasteiger partial charge in [0, 0.05) is 23.8 Å². The molecule has 116 valence electrons. The van der Waals surface area contributed by atoms with Gasteiger partial charge in [0.15, 0.2) is 0 Å². The summed E-state index contributed by atoms with van der Waals surface area (Å²) in [7, 11) is 1.94. The topological polar surface area (TPSA) is 38.0 Å². The Balaban J connectivity index is 2.18. The van der Waals surface area contributed by atoms with Crippen LogP contribution in [0.2, 0.25) is 0 Å². The summed E-state index contributed by atoms with van der Waals surface area (Å²) in [6.45, 7) is 2.27. The molecular weight excluding hydrogens is 280 g/mol. The SMILES string of the molecule is CNc1ccc(C(C)(c2ccccc2)c2ccc(N)cc2)cc1. The van der Waals surface area contributed by atoms with Gasteiger partial charge >= 0.3 is 0 Å². The molecule has 0 fully saturated rings. The van der Waals surface area contributed by atoms with Crippen molar-refractivity contribution in [2.45, 2.75) is 12.3 Å². The molecule has 2 heteroatoms. The van der Waals surface area contributed by atoms with E-state index in [1.54, 1.807) is 0 Å². The van der Waals surface area contributed by atoms with Gasteiger partial charge in [-0.05, 0) is 47.9 Å². The van der Waals surface area contributed by atoms with Crippen LogP contribution in [0, 0.1) is 0 Å². The fourth-order valence-corrected chi connectivity index (χ4v) is 3.06. The Kier molecular flexibility index (Phi) is 4.07. The van der Waals surface area contributed by atoms with Gasteiger partial charge in [-0.15, -0.1) is 0 Å². The zero-order valence-corrected chi connectivity index (χ0v) is 13.6. The maximum absolute atomic E-state index is 5.88. The summed E-state index contributed by atoms with van der Waals surface area (Å²) in [6, 6.07) is 27.4. The predicted molar refractivity (Wildman–Crippen MR) is 98.8 cm³/mol. The molecule has 0 aromatic heterocycles. The molecule has 0 saturated heterocycles. The van der Waals surface area contributed by atoms with Crippen LogP contribution in [0.1, 0.15) is 23.6 Å². The molecule has 0 amide bonds. The Bertz CT molecular complexity index is 761. The summed E-state index contributed by atoms with van der Waals surface area (Å²) < 4.78 is 0. The summed E-state index contributed by atoms with van der Waals surface area (Å²) in [5.41, 5.74) is 11.3. The van der Waals surface area contributed by atoms with Gasteiger partial charge in [0.25, 0.3) is 0 Å². The highest BCUT2D eigenvalue weighted by Gasteiger charge is 2.30. The van der Waals surface area contributed by atoms with Gasteiger partial charge in [0.2, 0.25) is 0 Å². The molecule has 3 rings (SSSR count). The molecule has 0 aliphatic heterocycles. The summed E-state index contributed by atoms with van der Waals surface area (Å²) in [4.78, 5) is 0. The van der Waals surface area contributed by atoms with Crippen LogP contribution in [-0.4, -0.2) is 7.05 Å². The number of nitrogens with one attached hydrogen (secondary N) is 1. The van der Waals surface area contributed by atoms with E-state index >= 15 is 0 Å². The fraction of sp³-hybridized carbons (Fsp3) is 0.143. The van der Waals surface area contributed by atoms with Gasteiger partial charge in [-0.2, -0.15) is 0 Å². The van der Waals surface area contributed by atoms with Gasteiger partial charge in [-0.25, -0.2) is 0 Å². The first kappa shape index (κ1) is 15.2. The highest BCUT2D eigenvalue weighted by molar-refractivity contribution is 5.54. The van der Waals surface area contributed by atoms with Crippen molar-refractivity contribution in [2.24, 2.45) is 0 Å². The normalized spacial score (nSPS) is 13.3. The first-order valence-corrected chi connectivity index (χ1v) is 7.84. The molecule has 2 nitrogen and oxygen atoms in total. The lowest BCUT2D eigenvalue weighted by molar-refractivity contribution is 0.693. The zero-order valence-electron chi connectivity index (χ0n) is 13.6. The van der Waals surface area contributed by atoms with E-state index in [0.29, 0.717) is 0 Å². The molecule has 0 spiro atoms. The molecule has 3 aromatic carbocycles. The summed E-state index contributed by atoms with van der Waals surface area (Å²) in [5, 5.41) is 3.18. The van der Waals surface area contributed by atoms with Gasteiger partial charge in [-0.3, -0.25) is 0 Å². The van der Waals surface area contributed by atoms with E-state index in [-0.39, 0.29) is 5.41 Å². The molecule has 0 saturated carbocycles. The molecule has 3 N–H and O–H groups in total. The summed E-state index contributed by atoms with van der Waals surface area (Å²) >= 11 is 0. The van der Waals surface area contributed by atoms with Crippen molar-refractivity contribution < 1.29 is 0 Å². The molecule has 1 atom stereocenters. The minimum atomic E-state index is -0.221. The first-order chi connectivity index (χ1) is 11.1. The van der Waals surface area contributed by atoms with Gasteiger partial charge in [0.1, 0.15) is 0 Å². The Morgan fingerprint density at radius 3 is 1.70 bits per heavy atom. The maximum atomic E-state index is 5.88. The van der Waals surface area contributed by atoms with E-state index in [4.69, 9.17) is 5.73 Å². The average Bonchev–Trinajstić information content (AvgIpc) is 2.62. The summed E-state index contributed by atoms with van der Waals surface area (Å²) in [5.74, 6) is 0. The number of rotatable bonds is 4. The van der Waals surface area contributed by atoms with E-state index in [0.717, 1.165) is 11.4 Å². The highest BCUT2D eigenvalue weighted by Crippen LogP contribution is 2.39. The third-order valence-electron chi connectivity index (χ3n) is 4.59. The Labute approximate surface area is 138 Å². The third kappa shape index (κ3) is 2.80. The molecule has 23 heavy (non-hydrogen) atoms. The Morgan fingerprint density at radius 2 is 1.17 bits per heavy atom. The van der Waals surface area contributed by atoms with Crippen LogP contribution in [0.15, 0.2) is 78.9 Å². The van der Waals surface area contributed by atoms with Crippen LogP contribution in [0.4, 0.5) is 11.4 Å². The van der Waals surface area contributed by atoms with Gasteiger partial charge in [0.05, 0.1) is 0 Å². The molecule has 1 unspecified atom stereocenters. The van der Waals surface area contributed by atoms with E-state index in [1.807, 2.05) is 19.2 Å². The molecule has 0 aliphatic carbocycles. The minimum Gasteiger partial charge on any atom is -0.399 e. The fourth-order valence-electron chi connectivity index (χ4n) is 3.06. The second-order valence-electron chi connectivity index (χ2n) is 5.94. The average molecular weight is 302 g/mol. The molecule has 3 aromatic rings. The minimum absolute atomic E-state index is 0.221. The predicted octanol–water partition coefficient (Wildman–Crippen LogP) is 4.66. The monoisotopic (exact) mass is 302 g/mol. The number of anilines is 2. The Morgan fingerprint density at radius 1 is 0.696 bits per heavy atom. The number of hydrogen-bond acceptors (Lipinski definition) is 2. The Hall–Kier alpha value is -2.74. The van der Waals surface area contributed by atoms with E-state index in [2.05, 4.69) is 79.0 Å². The lowest BCUT2D eigenvalue weighted by Crippen LogP contribution is -2.25. The lowest BCUT2D eigenvalue weighted by atomic mass is 9.71. The molecule has 0 radical (unpaired) electrons. The largest absolute Gasteiger partial charge is 0.399 e. The maximum Gasteiger partial charge on any atom is 0.0423 e. The molecule has 0 bridgehead atoms. The van der Waals surface area contributed by atoms with Crippen molar-refractivity contribution in [2.75, 3.05) is 18.1 Å².